The Morgan fingerprint density at radius 2 is 1.65 bits per heavy atom. The van der Waals surface area contributed by atoms with Gasteiger partial charge >= 0.3 is 0 Å². The first-order valence-corrected chi connectivity index (χ1v) is 9.46. The molecule has 138 valence electrons. The Morgan fingerprint density at radius 3 is 2.38 bits per heavy atom. The van der Waals surface area contributed by atoms with E-state index in [9.17, 15) is 0 Å². The standard InChI is InChI=1S/C21H27N3O2/c1-22-16-19(17-24-9-13-26-14-10-24)20-15-18(4-5-21(20)22)3-2-6-23-7-11-25-12-8-23/h4-5,15-16H,6-14,17H2,1H3. The van der Waals surface area contributed by atoms with E-state index in [-0.39, 0.29) is 0 Å². The Hall–Kier alpha value is -1.84. The van der Waals surface area contributed by atoms with Crippen LogP contribution in [0.2, 0.25) is 0 Å². The summed E-state index contributed by atoms with van der Waals surface area (Å²) in [5.41, 5.74) is 3.74. The molecule has 0 unspecified atom stereocenters. The van der Waals surface area contributed by atoms with Gasteiger partial charge in [0, 0.05) is 62.4 Å². The Labute approximate surface area is 155 Å². The van der Waals surface area contributed by atoms with E-state index < -0.39 is 0 Å². The first-order chi connectivity index (χ1) is 12.8. The van der Waals surface area contributed by atoms with Gasteiger partial charge in [0.05, 0.1) is 33.0 Å². The van der Waals surface area contributed by atoms with Crippen molar-refractivity contribution in [3.63, 3.8) is 0 Å². The molecule has 26 heavy (non-hydrogen) atoms. The third-order valence-electron chi connectivity index (χ3n) is 5.21. The van der Waals surface area contributed by atoms with Gasteiger partial charge in [-0.15, -0.1) is 0 Å². The van der Waals surface area contributed by atoms with Crippen molar-refractivity contribution in [2.75, 3.05) is 59.2 Å². The zero-order valence-electron chi connectivity index (χ0n) is 15.5. The van der Waals surface area contributed by atoms with Gasteiger partial charge < -0.3 is 14.0 Å². The smallest absolute Gasteiger partial charge is 0.0606 e. The molecule has 3 heterocycles. The molecule has 2 saturated heterocycles. The molecule has 2 aliphatic rings. The predicted molar refractivity (Wildman–Crippen MR) is 103 cm³/mol. The zero-order chi connectivity index (χ0) is 17.8. The van der Waals surface area contributed by atoms with Crippen molar-refractivity contribution in [2.24, 2.45) is 7.05 Å². The summed E-state index contributed by atoms with van der Waals surface area (Å²) >= 11 is 0. The monoisotopic (exact) mass is 353 g/mol. The number of benzene rings is 1. The van der Waals surface area contributed by atoms with Crippen molar-refractivity contribution in [3.05, 3.63) is 35.5 Å². The number of hydrogen-bond acceptors (Lipinski definition) is 4. The lowest BCUT2D eigenvalue weighted by Gasteiger charge is -2.26. The minimum Gasteiger partial charge on any atom is -0.379 e. The number of ether oxygens (including phenoxy) is 2. The quantitative estimate of drug-likeness (QED) is 0.786. The van der Waals surface area contributed by atoms with Crippen LogP contribution in [0.1, 0.15) is 11.1 Å². The van der Waals surface area contributed by atoms with Gasteiger partial charge in [-0.05, 0) is 23.8 Å². The molecule has 4 rings (SSSR count). The second-order valence-corrected chi connectivity index (χ2v) is 7.08. The number of nitrogens with zero attached hydrogens (tertiary/aromatic N) is 3. The number of fused-ring (bicyclic) bond motifs is 1. The molecule has 2 fully saturated rings. The zero-order valence-corrected chi connectivity index (χ0v) is 15.5. The lowest BCUT2D eigenvalue weighted by molar-refractivity contribution is 0.0343. The van der Waals surface area contributed by atoms with Gasteiger partial charge in [-0.3, -0.25) is 9.80 Å². The van der Waals surface area contributed by atoms with Gasteiger partial charge in [0.25, 0.3) is 0 Å². The summed E-state index contributed by atoms with van der Waals surface area (Å²) < 4.78 is 13.1. The Kier molecular flexibility index (Phi) is 5.57. The van der Waals surface area contributed by atoms with Crippen molar-refractivity contribution in [1.29, 1.82) is 0 Å². The largest absolute Gasteiger partial charge is 0.379 e. The van der Waals surface area contributed by atoms with Gasteiger partial charge in [0.1, 0.15) is 0 Å². The lowest BCUT2D eigenvalue weighted by Crippen LogP contribution is -2.36. The van der Waals surface area contributed by atoms with Crippen LogP contribution in [0.5, 0.6) is 0 Å². The number of morpholine rings is 2. The van der Waals surface area contributed by atoms with Crippen LogP contribution in [0.25, 0.3) is 10.9 Å². The van der Waals surface area contributed by atoms with Gasteiger partial charge in [-0.2, -0.15) is 0 Å². The maximum Gasteiger partial charge on any atom is 0.0606 e. The van der Waals surface area contributed by atoms with E-state index >= 15 is 0 Å². The Morgan fingerprint density at radius 1 is 0.962 bits per heavy atom. The number of rotatable bonds is 3. The molecule has 0 atom stereocenters. The average molecular weight is 353 g/mol. The summed E-state index contributed by atoms with van der Waals surface area (Å²) in [6, 6.07) is 6.57. The van der Waals surface area contributed by atoms with Gasteiger partial charge in [0.15, 0.2) is 0 Å². The van der Waals surface area contributed by atoms with Gasteiger partial charge in [-0.1, -0.05) is 11.8 Å². The van der Waals surface area contributed by atoms with Crippen molar-refractivity contribution < 1.29 is 9.47 Å². The first-order valence-electron chi connectivity index (χ1n) is 9.46. The molecule has 0 bridgehead atoms. The molecule has 5 heteroatoms. The molecule has 2 aromatic rings. The van der Waals surface area contributed by atoms with Crippen LogP contribution < -0.4 is 0 Å². The topological polar surface area (TPSA) is 29.9 Å². The number of aryl methyl sites for hydroxylation is 1. The third kappa shape index (κ3) is 4.11. The van der Waals surface area contributed by atoms with Gasteiger partial charge in [-0.25, -0.2) is 0 Å². The van der Waals surface area contributed by atoms with Crippen LogP contribution in [0, 0.1) is 11.8 Å². The predicted octanol–water partition coefficient (Wildman–Crippen LogP) is 1.69. The molecule has 0 saturated carbocycles. The summed E-state index contributed by atoms with van der Waals surface area (Å²) in [7, 11) is 2.12. The number of aromatic nitrogens is 1. The van der Waals surface area contributed by atoms with E-state index in [2.05, 4.69) is 57.7 Å². The van der Waals surface area contributed by atoms with Crippen molar-refractivity contribution in [2.45, 2.75) is 6.54 Å². The maximum absolute atomic E-state index is 5.47. The molecule has 5 nitrogen and oxygen atoms in total. The molecular formula is C21H27N3O2. The molecule has 0 aliphatic carbocycles. The van der Waals surface area contributed by atoms with E-state index in [1.165, 1.54) is 16.5 Å². The average Bonchev–Trinajstić information content (AvgIpc) is 2.99. The second-order valence-electron chi connectivity index (χ2n) is 7.08. The fourth-order valence-corrected chi connectivity index (χ4v) is 3.69. The summed E-state index contributed by atoms with van der Waals surface area (Å²) in [6.07, 6.45) is 2.26. The highest BCUT2D eigenvalue weighted by molar-refractivity contribution is 5.85. The molecule has 1 aromatic heterocycles. The first kappa shape index (κ1) is 17.6. The van der Waals surface area contributed by atoms with E-state index in [1.54, 1.807) is 0 Å². The molecule has 1 aromatic carbocycles. The van der Waals surface area contributed by atoms with Crippen molar-refractivity contribution in [3.8, 4) is 11.8 Å². The van der Waals surface area contributed by atoms with Crippen molar-refractivity contribution >= 4 is 10.9 Å². The van der Waals surface area contributed by atoms with Crippen LogP contribution in [-0.4, -0.2) is 73.5 Å². The van der Waals surface area contributed by atoms with Crippen molar-refractivity contribution in [1.82, 2.24) is 14.4 Å². The van der Waals surface area contributed by atoms with Crippen LogP contribution in [0.15, 0.2) is 24.4 Å². The maximum atomic E-state index is 5.47. The minimum absolute atomic E-state index is 0.816. The van der Waals surface area contributed by atoms with Crippen LogP contribution >= 0.6 is 0 Å². The Bertz CT molecular complexity index is 806. The molecule has 2 aliphatic heterocycles. The fourth-order valence-electron chi connectivity index (χ4n) is 3.69. The highest BCUT2D eigenvalue weighted by Crippen LogP contribution is 2.23. The van der Waals surface area contributed by atoms with Crippen LogP contribution in [0.3, 0.4) is 0 Å². The molecule has 0 amide bonds. The SMILES string of the molecule is Cn1cc(CN2CCOCC2)c2cc(C#CCN3CCOCC3)ccc21. The second kappa shape index (κ2) is 8.24. The molecule has 0 spiro atoms. The highest BCUT2D eigenvalue weighted by Gasteiger charge is 2.14. The van der Waals surface area contributed by atoms with Gasteiger partial charge in [0.2, 0.25) is 0 Å². The fraction of sp³-hybridized carbons (Fsp3) is 0.524. The molecule has 0 radical (unpaired) electrons. The summed E-state index contributed by atoms with van der Waals surface area (Å²) in [5, 5.41) is 1.32. The summed E-state index contributed by atoms with van der Waals surface area (Å²) in [5.74, 6) is 6.68. The summed E-state index contributed by atoms with van der Waals surface area (Å²) in [4.78, 5) is 4.82. The van der Waals surface area contributed by atoms with Crippen LogP contribution in [-0.2, 0) is 23.1 Å². The van der Waals surface area contributed by atoms with E-state index in [1.807, 2.05) is 0 Å². The van der Waals surface area contributed by atoms with E-state index in [0.29, 0.717) is 0 Å². The molecular weight excluding hydrogens is 326 g/mol. The Balaban J connectivity index is 1.50. The third-order valence-corrected chi connectivity index (χ3v) is 5.21. The normalized spacial score (nSPS) is 19.4. The number of hydrogen-bond donors (Lipinski definition) is 0. The highest BCUT2D eigenvalue weighted by atomic mass is 16.5. The summed E-state index contributed by atoms with van der Waals surface area (Å²) in [6.45, 7) is 9.09. The molecule has 0 N–H and O–H groups in total. The van der Waals surface area contributed by atoms with E-state index in [4.69, 9.17) is 9.47 Å². The van der Waals surface area contributed by atoms with E-state index in [0.717, 1.165) is 71.3 Å². The lowest BCUT2D eigenvalue weighted by atomic mass is 10.1. The minimum atomic E-state index is 0.816. The van der Waals surface area contributed by atoms with Crippen LogP contribution in [0.4, 0.5) is 0 Å².